The number of fused-ring (bicyclic) bond motifs is 3. The summed E-state index contributed by atoms with van der Waals surface area (Å²) in [5.41, 5.74) is 3.07. The van der Waals surface area contributed by atoms with Crippen LogP contribution in [0.4, 0.5) is 0 Å². The van der Waals surface area contributed by atoms with Gasteiger partial charge in [-0.3, -0.25) is 5.32 Å². The van der Waals surface area contributed by atoms with Crippen molar-refractivity contribution in [3.8, 4) is 11.5 Å². The second-order valence-electron chi connectivity index (χ2n) is 13.0. The molecule has 1 aromatic heterocycles. The molecule has 3 aliphatic heterocycles. The van der Waals surface area contributed by atoms with Crippen molar-refractivity contribution < 1.29 is 33.3 Å². The standard InChI is InChI=1S/C39H41Cl2N3O7/c1-48-34-13-12-29(18-36(34)49-2)35(19-31-32(40)22-44(47)23-33(31)41)51-38(45)28-10-8-25(9-11-28)20-42-37(27-6-4-3-5-7-27)39(46)50-24-30-21-43-16-14-26(30)15-17-43/h3-13,18,22-23,26,30,35,37,42H,14-17,19-21,24H2,1-2H3/t30-,35-,37?/m0/s1. The van der Waals surface area contributed by atoms with E-state index in [1.165, 1.54) is 39.5 Å². The number of halogens is 2. The average molecular weight is 735 g/mol. The SMILES string of the molecule is COc1ccc([C@H](Cc2c(Cl)c[n+]([O-])cc2Cl)OC(=O)c2ccc(CNC(C(=O)OC[C@@H]3CN4CCC3CC4)c3ccccc3)cc2)cc1OC. The van der Waals surface area contributed by atoms with Crippen LogP contribution >= 0.6 is 23.2 Å². The zero-order valence-corrected chi connectivity index (χ0v) is 30.1. The van der Waals surface area contributed by atoms with Gasteiger partial charge in [-0.05, 0) is 72.8 Å². The molecule has 3 aliphatic rings. The zero-order chi connectivity index (χ0) is 35.9. The number of aromatic nitrogens is 1. The number of hydrogen-bond donors (Lipinski definition) is 1. The van der Waals surface area contributed by atoms with Crippen LogP contribution in [0.3, 0.4) is 0 Å². The Hall–Kier alpha value is -4.35. The fraction of sp³-hybridized carbons (Fsp3) is 0.359. The molecule has 10 nitrogen and oxygen atoms in total. The van der Waals surface area contributed by atoms with E-state index in [0.717, 1.165) is 30.8 Å². The summed E-state index contributed by atoms with van der Waals surface area (Å²) in [6.07, 6.45) is 3.99. The minimum absolute atomic E-state index is 0.0956. The van der Waals surface area contributed by atoms with Crippen LogP contribution in [-0.4, -0.2) is 57.3 Å². The zero-order valence-electron chi connectivity index (χ0n) is 28.6. The molecule has 3 saturated heterocycles. The van der Waals surface area contributed by atoms with Crippen LogP contribution in [0.15, 0.2) is 85.2 Å². The molecule has 12 heteroatoms. The Bertz CT molecular complexity index is 1790. The molecular formula is C39H41Cl2N3O7. The van der Waals surface area contributed by atoms with Crippen LogP contribution in [0.2, 0.25) is 10.0 Å². The molecule has 0 aliphatic carbocycles. The third kappa shape index (κ3) is 8.94. The number of carbonyl (C=O) groups is 2. The Morgan fingerprint density at radius 2 is 1.61 bits per heavy atom. The van der Waals surface area contributed by atoms with Gasteiger partial charge in [0, 0.05) is 31.0 Å². The maximum absolute atomic E-state index is 13.5. The number of esters is 2. The van der Waals surface area contributed by atoms with Crippen LogP contribution in [-0.2, 0) is 27.2 Å². The van der Waals surface area contributed by atoms with Gasteiger partial charge in [0.05, 0.1) is 26.4 Å². The predicted octanol–water partition coefficient (Wildman–Crippen LogP) is 6.50. The van der Waals surface area contributed by atoms with Gasteiger partial charge in [-0.2, -0.15) is 4.73 Å². The van der Waals surface area contributed by atoms with Gasteiger partial charge in [-0.15, -0.1) is 0 Å². The Morgan fingerprint density at radius 3 is 2.24 bits per heavy atom. The molecule has 4 heterocycles. The lowest BCUT2D eigenvalue weighted by atomic mass is 9.79. The highest BCUT2D eigenvalue weighted by atomic mass is 35.5. The summed E-state index contributed by atoms with van der Waals surface area (Å²) in [6, 6.07) is 21.1. The molecule has 3 aromatic carbocycles. The monoisotopic (exact) mass is 733 g/mol. The third-order valence-corrected chi connectivity index (χ3v) is 10.4. The summed E-state index contributed by atoms with van der Waals surface area (Å²) in [5, 5.41) is 15.5. The highest BCUT2D eigenvalue weighted by molar-refractivity contribution is 6.35. The molecule has 1 N–H and O–H groups in total. The van der Waals surface area contributed by atoms with E-state index in [9.17, 15) is 14.8 Å². The molecule has 1 unspecified atom stereocenters. The number of nitrogens with one attached hydrogen (secondary N) is 1. The quantitative estimate of drug-likeness (QED) is 0.0882. The molecule has 0 spiro atoms. The maximum Gasteiger partial charge on any atom is 0.338 e. The van der Waals surface area contributed by atoms with Crippen LogP contribution in [0.1, 0.15) is 57.6 Å². The van der Waals surface area contributed by atoms with E-state index in [1.807, 2.05) is 42.5 Å². The summed E-state index contributed by atoms with van der Waals surface area (Å²) in [7, 11) is 3.05. The van der Waals surface area contributed by atoms with E-state index < -0.39 is 18.1 Å². The van der Waals surface area contributed by atoms with Gasteiger partial charge in [-0.1, -0.05) is 71.7 Å². The van der Waals surface area contributed by atoms with Gasteiger partial charge in [0.15, 0.2) is 23.9 Å². The number of carbonyl (C=O) groups excluding carboxylic acids is 2. The van der Waals surface area contributed by atoms with Gasteiger partial charge in [-0.25, -0.2) is 9.59 Å². The van der Waals surface area contributed by atoms with Crippen LogP contribution < -0.4 is 19.5 Å². The highest BCUT2D eigenvalue weighted by Gasteiger charge is 2.35. The van der Waals surface area contributed by atoms with E-state index in [0.29, 0.717) is 57.9 Å². The topological polar surface area (TPSA) is 113 Å². The first-order valence-corrected chi connectivity index (χ1v) is 17.7. The molecule has 4 aromatic rings. The van der Waals surface area contributed by atoms with E-state index in [2.05, 4.69) is 10.2 Å². The number of benzene rings is 3. The summed E-state index contributed by atoms with van der Waals surface area (Å²) < 4.78 is 23.3. The van der Waals surface area contributed by atoms with Crippen molar-refractivity contribution in [2.75, 3.05) is 40.5 Å². The normalized spacial score (nSPS) is 19.2. The largest absolute Gasteiger partial charge is 0.619 e. The third-order valence-electron chi connectivity index (χ3n) is 9.78. The first kappa shape index (κ1) is 36.4. The number of rotatable bonds is 14. The minimum atomic E-state index is -0.838. The van der Waals surface area contributed by atoms with Crippen molar-refractivity contribution in [2.45, 2.75) is 38.0 Å². The number of hydrogen-bond acceptors (Lipinski definition) is 9. The number of nitrogens with zero attached hydrogens (tertiary/aromatic N) is 2. The molecule has 2 bridgehead atoms. The van der Waals surface area contributed by atoms with E-state index in [-0.39, 0.29) is 22.4 Å². The first-order chi connectivity index (χ1) is 24.7. The van der Waals surface area contributed by atoms with Crippen molar-refractivity contribution >= 4 is 35.1 Å². The summed E-state index contributed by atoms with van der Waals surface area (Å²) in [5.74, 6) is 1.07. The average Bonchev–Trinajstić information content (AvgIpc) is 3.15. The molecule has 0 saturated carbocycles. The Kier molecular flexibility index (Phi) is 12.0. The molecule has 0 amide bonds. The second-order valence-corrected chi connectivity index (χ2v) is 13.8. The molecule has 268 valence electrons. The molecule has 3 fully saturated rings. The van der Waals surface area contributed by atoms with Crippen LogP contribution in [0.5, 0.6) is 11.5 Å². The summed E-state index contributed by atoms with van der Waals surface area (Å²) in [4.78, 5) is 29.4. The lowest BCUT2D eigenvalue weighted by Gasteiger charge is -2.44. The summed E-state index contributed by atoms with van der Waals surface area (Å²) in [6.45, 7) is 4.05. The fourth-order valence-corrected chi connectivity index (χ4v) is 7.50. The smallest absolute Gasteiger partial charge is 0.338 e. The number of ether oxygens (including phenoxy) is 4. The fourth-order valence-electron chi connectivity index (χ4n) is 6.90. The first-order valence-electron chi connectivity index (χ1n) is 17.0. The van der Waals surface area contributed by atoms with Gasteiger partial charge >= 0.3 is 11.9 Å². The Balaban J connectivity index is 1.14. The highest BCUT2D eigenvalue weighted by Crippen LogP contribution is 2.36. The number of methoxy groups -OCH3 is 2. The van der Waals surface area contributed by atoms with Gasteiger partial charge < -0.3 is 29.1 Å². The van der Waals surface area contributed by atoms with Crippen LogP contribution in [0.25, 0.3) is 0 Å². The minimum Gasteiger partial charge on any atom is -0.619 e. The van der Waals surface area contributed by atoms with Crippen molar-refractivity contribution in [1.29, 1.82) is 0 Å². The van der Waals surface area contributed by atoms with Crippen LogP contribution in [0, 0.1) is 17.0 Å². The Labute approximate surface area is 307 Å². The van der Waals surface area contributed by atoms with E-state index in [4.69, 9.17) is 42.1 Å². The van der Waals surface area contributed by atoms with Gasteiger partial charge in [0.1, 0.15) is 22.2 Å². The Morgan fingerprint density at radius 1 is 0.922 bits per heavy atom. The van der Waals surface area contributed by atoms with Crippen molar-refractivity contribution in [3.05, 3.63) is 128 Å². The van der Waals surface area contributed by atoms with E-state index in [1.54, 1.807) is 30.3 Å². The molecule has 0 radical (unpaired) electrons. The number of pyridine rings is 1. The maximum atomic E-state index is 13.5. The summed E-state index contributed by atoms with van der Waals surface area (Å²) >= 11 is 12.8. The molecular weight excluding hydrogens is 693 g/mol. The number of piperidine rings is 3. The lowest BCUT2D eigenvalue weighted by Crippen LogP contribution is -2.49. The van der Waals surface area contributed by atoms with Gasteiger partial charge in [0.25, 0.3) is 0 Å². The van der Waals surface area contributed by atoms with Crippen molar-refractivity contribution in [3.63, 3.8) is 0 Å². The molecule has 3 atom stereocenters. The van der Waals surface area contributed by atoms with Gasteiger partial charge in [0.2, 0.25) is 0 Å². The molecule has 7 rings (SSSR count). The molecule has 51 heavy (non-hydrogen) atoms. The van der Waals surface area contributed by atoms with Crippen molar-refractivity contribution in [2.24, 2.45) is 11.8 Å². The predicted molar refractivity (Wildman–Crippen MR) is 193 cm³/mol. The van der Waals surface area contributed by atoms with Crippen molar-refractivity contribution in [1.82, 2.24) is 10.2 Å². The second kappa shape index (κ2) is 16.8. The lowest BCUT2D eigenvalue weighted by molar-refractivity contribution is -0.605. The van der Waals surface area contributed by atoms with E-state index >= 15 is 0 Å².